The van der Waals surface area contributed by atoms with Crippen LogP contribution in [-0.2, 0) is 20.5 Å². The van der Waals surface area contributed by atoms with Crippen LogP contribution in [0.1, 0.15) is 31.5 Å². The molecule has 176 valence electrons. The Hall–Kier alpha value is -4.04. The maximum Gasteiger partial charge on any atom is 0.0578 e. The van der Waals surface area contributed by atoms with Crippen LogP contribution in [0, 0.1) is 0 Å². The van der Waals surface area contributed by atoms with E-state index in [0.29, 0.717) is 0 Å². The third-order valence-electron chi connectivity index (χ3n) is 8.15. The molecule has 8 rings (SSSR count). The molecule has 0 bridgehead atoms. The van der Waals surface area contributed by atoms with Crippen molar-refractivity contribution in [2.24, 2.45) is 14.1 Å². The fourth-order valence-corrected chi connectivity index (χ4v) is 6.79. The minimum absolute atomic E-state index is 1.10. The van der Waals surface area contributed by atoms with E-state index >= 15 is 0 Å². The number of para-hydroxylation sites is 1. The van der Waals surface area contributed by atoms with Gasteiger partial charge in [-0.1, -0.05) is 92.7 Å². The first kappa shape index (κ1) is 21.3. The quantitative estimate of drug-likeness (QED) is 0.197. The highest BCUT2D eigenvalue weighted by molar-refractivity contribution is 6.42. The van der Waals surface area contributed by atoms with Crippen LogP contribution in [0.3, 0.4) is 0 Å². The molecule has 7 aromatic rings. The SMILES string of the molecule is CC.Cn1c2c(c3c4ccccc4c4c(c5ccccc5c5c4c4ccccc4n5C)c31)C=CCC2. The second-order valence-corrected chi connectivity index (χ2v) is 9.72. The van der Waals surface area contributed by atoms with Crippen molar-refractivity contribution in [3.8, 4) is 0 Å². The van der Waals surface area contributed by atoms with Crippen molar-refractivity contribution in [3.05, 3.63) is 90.1 Å². The van der Waals surface area contributed by atoms with Crippen LogP contribution in [0.25, 0.3) is 71.1 Å². The molecule has 2 nitrogen and oxygen atoms in total. The first-order valence-electron chi connectivity index (χ1n) is 13.2. The van der Waals surface area contributed by atoms with Crippen molar-refractivity contribution in [2.75, 3.05) is 0 Å². The molecule has 2 aromatic heterocycles. The Labute approximate surface area is 211 Å². The van der Waals surface area contributed by atoms with Crippen LogP contribution >= 0.6 is 0 Å². The molecular formula is C34H30N2. The van der Waals surface area contributed by atoms with Crippen molar-refractivity contribution in [2.45, 2.75) is 26.7 Å². The summed E-state index contributed by atoms with van der Waals surface area (Å²) in [6.07, 6.45) is 6.91. The fourth-order valence-electron chi connectivity index (χ4n) is 6.79. The highest BCUT2D eigenvalue weighted by Crippen LogP contribution is 2.48. The van der Waals surface area contributed by atoms with E-state index in [1.54, 1.807) is 0 Å². The Kier molecular flexibility index (Phi) is 4.56. The average Bonchev–Trinajstić information content (AvgIpc) is 3.42. The lowest BCUT2D eigenvalue weighted by Gasteiger charge is -2.15. The minimum Gasteiger partial charge on any atom is -0.346 e. The molecule has 0 radical (unpaired) electrons. The Morgan fingerprint density at radius 1 is 0.556 bits per heavy atom. The largest absolute Gasteiger partial charge is 0.346 e. The summed E-state index contributed by atoms with van der Waals surface area (Å²) in [4.78, 5) is 0. The van der Waals surface area contributed by atoms with Crippen LogP contribution in [0.2, 0.25) is 0 Å². The first-order valence-corrected chi connectivity index (χ1v) is 13.2. The van der Waals surface area contributed by atoms with Gasteiger partial charge in [0.05, 0.1) is 11.0 Å². The van der Waals surface area contributed by atoms with Crippen LogP contribution in [0.4, 0.5) is 0 Å². The molecule has 1 aliphatic carbocycles. The summed E-state index contributed by atoms with van der Waals surface area (Å²) < 4.78 is 4.89. The number of aryl methyl sites for hydroxylation is 2. The standard InChI is InChI=1S/C32H24N2.C2H6/c1-33-26-18-10-8-16-24(26)30-28-20-12-4-3-11-19(20)27-23-15-7-9-17-25(23)34(2)32(27)29(28)21-13-5-6-14-22(21)31(30)33;1-2/h3-8,10-16,18H,9,17H2,1-2H3;1-2H3. The lowest BCUT2D eigenvalue weighted by atomic mass is 9.89. The Morgan fingerprint density at radius 2 is 1.11 bits per heavy atom. The Balaban J connectivity index is 0.00000108. The zero-order valence-corrected chi connectivity index (χ0v) is 21.4. The van der Waals surface area contributed by atoms with Crippen molar-refractivity contribution < 1.29 is 0 Å². The third-order valence-corrected chi connectivity index (χ3v) is 8.15. The van der Waals surface area contributed by atoms with Gasteiger partial charge in [0.2, 0.25) is 0 Å². The van der Waals surface area contributed by atoms with Gasteiger partial charge >= 0.3 is 0 Å². The monoisotopic (exact) mass is 466 g/mol. The molecule has 36 heavy (non-hydrogen) atoms. The number of allylic oxidation sites excluding steroid dienone is 1. The second kappa shape index (κ2) is 7.73. The topological polar surface area (TPSA) is 9.86 Å². The predicted octanol–water partition coefficient (Wildman–Crippen LogP) is 9.27. The smallest absolute Gasteiger partial charge is 0.0578 e. The maximum absolute atomic E-state index is 2.49. The molecule has 0 aliphatic heterocycles. The molecule has 1 aliphatic rings. The molecular weight excluding hydrogens is 436 g/mol. The van der Waals surface area contributed by atoms with E-state index in [1.165, 1.54) is 76.3 Å². The van der Waals surface area contributed by atoms with Gasteiger partial charge in [0.15, 0.2) is 0 Å². The number of rotatable bonds is 0. The van der Waals surface area contributed by atoms with Gasteiger partial charge < -0.3 is 9.13 Å². The van der Waals surface area contributed by atoms with Crippen molar-refractivity contribution in [1.29, 1.82) is 0 Å². The number of benzene rings is 5. The Morgan fingerprint density at radius 3 is 1.83 bits per heavy atom. The molecule has 0 spiro atoms. The molecule has 2 heterocycles. The first-order chi connectivity index (χ1) is 17.8. The van der Waals surface area contributed by atoms with Crippen molar-refractivity contribution in [3.63, 3.8) is 0 Å². The van der Waals surface area contributed by atoms with Gasteiger partial charge in [-0.3, -0.25) is 0 Å². The highest BCUT2D eigenvalue weighted by Gasteiger charge is 2.25. The minimum atomic E-state index is 1.10. The summed E-state index contributed by atoms with van der Waals surface area (Å²) >= 11 is 0. The van der Waals surface area contributed by atoms with Gasteiger partial charge in [-0.2, -0.15) is 0 Å². The van der Waals surface area contributed by atoms with Gasteiger partial charge in [-0.25, -0.2) is 0 Å². The molecule has 2 heteroatoms. The normalized spacial score (nSPS) is 13.2. The molecule has 0 saturated heterocycles. The molecule has 0 saturated carbocycles. The summed E-state index contributed by atoms with van der Waals surface area (Å²) in [5.41, 5.74) is 6.85. The van der Waals surface area contributed by atoms with E-state index in [4.69, 9.17) is 0 Å². The van der Waals surface area contributed by atoms with Gasteiger partial charge in [0, 0.05) is 63.2 Å². The van der Waals surface area contributed by atoms with Crippen LogP contribution in [0.15, 0.2) is 78.9 Å². The summed E-state index contributed by atoms with van der Waals surface area (Å²) in [5, 5.41) is 12.3. The van der Waals surface area contributed by atoms with Crippen LogP contribution < -0.4 is 0 Å². The number of fused-ring (bicyclic) bond motifs is 15. The average molecular weight is 467 g/mol. The zero-order chi connectivity index (χ0) is 24.6. The van der Waals surface area contributed by atoms with E-state index in [2.05, 4.69) is 108 Å². The Bertz CT molecular complexity index is 2030. The molecule has 0 amide bonds. The lowest BCUT2D eigenvalue weighted by molar-refractivity contribution is 0.826. The zero-order valence-electron chi connectivity index (χ0n) is 21.4. The van der Waals surface area contributed by atoms with Crippen LogP contribution in [-0.4, -0.2) is 9.13 Å². The maximum atomic E-state index is 2.49. The highest BCUT2D eigenvalue weighted by atomic mass is 15.0. The summed E-state index contributed by atoms with van der Waals surface area (Å²) in [7, 11) is 4.49. The number of nitrogens with zero attached hydrogens (tertiary/aromatic N) is 2. The molecule has 0 unspecified atom stereocenters. The van der Waals surface area contributed by atoms with E-state index in [0.717, 1.165) is 12.8 Å². The fraction of sp³-hybridized carbons (Fsp3) is 0.176. The third kappa shape index (κ3) is 2.51. The van der Waals surface area contributed by atoms with Crippen LogP contribution in [0.5, 0.6) is 0 Å². The van der Waals surface area contributed by atoms with Gasteiger partial charge in [-0.15, -0.1) is 0 Å². The summed E-state index contributed by atoms with van der Waals surface area (Å²) in [5.74, 6) is 0. The number of aromatic nitrogens is 2. The van der Waals surface area contributed by atoms with Gasteiger partial charge in [-0.05, 0) is 35.1 Å². The summed E-state index contributed by atoms with van der Waals surface area (Å²) in [6, 6.07) is 26.9. The molecule has 0 fully saturated rings. The van der Waals surface area contributed by atoms with E-state index < -0.39 is 0 Å². The van der Waals surface area contributed by atoms with Crippen molar-refractivity contribution >= 4 is 71.1 Å². The summed E-state index contributed by atoms with van der Waals surface area (Å²) in [6.45, 7) is 4.00. The van der Waals surface area contributed by atoms with E-state index in [-0.39, 0.29) is 0 Å². The molecule has 5 aromatic carbocycles. The van der Waals surface area contributed by atoms with Gasteiger partial charge in [0.25, 0.3) is 0 Å². The van der Waals surface area contributed by atoms with Gasteiger partial charge in [0.1, 0.15) is 0 Å². The second-order valence-electron chi connectivity index (χ2n) is 9.72. The predicted molar refractivity (Wildman–Crippen MR) is 158 cm³/mol. The lowest BCUT2D eigenvalue weighted by Crippen LogP contribution is -1.99. The molecule has 0 N–H and O–H groups in total. The number of hydrogen-bond donors (Lipinski definition) is 0. The van der Waals surface area contributed by atoms with E-state index in [1.807, 2.05) is 13.8 Å². The number of hydrogen-bond acceptors (Lipinski definition) is 0. The molecule has 0 atom stereocenters. The van der Waals surface area contributed by atoms with Crippen molar-refractivity contribution in [1.82, 2.24) is 9.13 Å². The van der Waals surface area contributed by atoms with E-state index in [9.17, 15) is 0 Å².